The van der Waals surface area contributed by atoms with Crippen LogP contribution in [0.15, 0.2) is 12.1 Å². The highest BCUT2D eigenvalue weighted by Crippen LogP contribution is 2.26. The molecule has 0 bridgehead atoms. The molecule has 28 heavy (non-hydrogen) atoms. The SMILES string of the molecule is Cc1cc(C)c(C(=O)O)c(C)c1CCCCc1c(C)cc(C)c(C(=O)O)c1C. The fourth-order valence-electron chi connectivity index (χ4n) is 4.48. The Kier molecular flexibility index (Phi) is 6.65. The molecule has 0 atom stereocenters. The summed E-state index contributed by atoms with van der Waals surface area (Å²) in [6.45, 7) is 11.5. The van der Waals surface area contributed by atoms with Gasteiger partial charge in [0.15, 0.2) is 0 Å². The summed E-state index contributed by atoms with van der Waals surface area (Å²) in [4.78, 5) is 23.1. The first-order chi connectivity index (χ1) is 13.1. The van der Waals surface area contributed by atoms with E-state index in [1.165, 1.54) is 0 Å². The van der Waals surface area contributed by atoms with Gasteiger partial charge in [-0.05, 0) is 112 Å². The maximum Gasteiger partial charge on any atom is 0.336 e. The van der Waals surface area contributed by atoms with Gasteiger partial charge in [0.05, 0.1) is 11.1 Å². The van der Waals surface area contributed by atoms with Crippen molar-refractivity contribution in [2.45, 2.75) is 67.2 Å². The maximum absolute atomic E-state index is 11.6. The lowest BCUT2D eigenvalue weighted by Gasteiger charge is -2.17. The molecule has 0 saturated carbocycles. The summed E-state index contributed by atoms with van der Waals surface area (Å²) >= 11 is 0. The van der Waals surface area contributed by atoms with E-state index in [9.17, 15) is 19.8 Å². The Hall–Kier alpha value is -2.62. The Morgan fingerprint density at radius 1 is 0.643 bits per heavy atom. The van der Waals surface area contributed by atoms with Gasteiger partial charge < -0.3 is 10.2 Å². The minimum Gasteiger partial charge on any atom is -0.478 e. The smallest absolute Gasteiger partial charge is 0.336 e. The van der Waals surface area contributed by atoms with Crippen LogP contribution in [0.2, 0.25) is 0 Å². The minimum atomic E-state index is -0.872. The third-order valence-electron chi connectivity index (χ3n) is 5.79. The predicted molar refractivity (Wildman–Crippen MR) is 112 cm³/mol. The summed E-state index contributed by atoms with van der Waals surface area (Å²) in [5.74, 6) is -1.74. The molecule has 0 heterocycles. The number of benzene rings is 2. The number of aromatic carboxylic acids is 2. The van der Waals surface area contributed by atoms with Crippen LogP contribution in [0, 0.1) is 41.5 Å². The van der Waals surface area contributed by atoms with Gasteiger partial charge in [-0.1, -0.05) is 12.1 Å². The Morgan fingerprint density at radius 2 is 0.964 bits per heavy atom. The second-order valence-corrected chi connectivity index (χ2v) is 7.80. The van der Waals surface area contributed by atoms with Crippen molar-refractivity contribution in [2.75, 3.05) is 0 Å². The topological polar surface area (TPSA) is 74.6 Å². The average molecular weight is 383 g/mol. The molecule has 0 aliphatic rings. The lowest BCUT2D eigenvalue weighted by molar-refractivity contribution is 0.0684. The molecule has 0 saturated heterocycles. The summed E-state index contributed by atoms with van der Waals surface area (Å²) in [7, 11) is 0. The van der Waals surface area contributed by atoms with Gasteiger partial charge in [-0.2, -0.15) is 0 Å². The van der Waals surface area contributed by atoms with Crippen molar-refractivity contribution in [3.8, 4) is 0 Å². The highest BCUT2D eigenvalue weighted by atomic mass is 16.4. The summed E-state index contributed by atoms with van der Waals surface area (Å²) in [5, 5.41) is 19.0. The van der Waals surface area contributed by atoms with Gasteiger partial charge in [-0.15, -0.1) is 0 Å². The Morgan fingerprint density at radius 3 is 1.25 bits per heavy atom. The molecule has 0 amide bonds. The van der Waals surface area contributed by atoms with Gasteiger partial charge >= 0.3 is 11.9 Å². The second-order valence-electron chi connectivity index (χ2n) is 7.80. The molecule has 2 rings (SSSR count). The summed E-state index contributed by atoms with van der Waals surface area (Å²) in [6.07, 6.45) is 3.51. The monoisotopic (exact) mass is 382 g/mol. The molecular formula is C24H30O4. The number of carboxylic acid groups (broad SMARTS) is 2. The summed E-state index contributed by atoms with van der Waals surface area (Å²) in [5.41, 5.74) is 8.66. The van der Waals surface area contributed by atoms with E-state index in [0.717, 1.165) is 70.2 Å². The maximum atomic E-state index is 11.6. The van der Waals surface area contributed by atoms with E-state index in [4.69, 9.17) is 0 Å². The van der Waals surface area contributed by atoms with Gasteiger partial charge in [-0.25, -0.2) is 9.59 Å². The molecule has 2 N–H and O–H groups in total. The molecule has 0 aliphatic heterocycles. The summed E-state index contributed by atoms with van der Waals surface area (Å²) in [6, 6.07) is 3.92. The molecule has 0 fully saturated rings. The molecular weight excluding hydrogens is 352 g/mol. The molecule has 0 unspecified atom stereocenters. The standard InChI is InChI=1S/C24H30O4/c1-13-11-15(3)21(23(25)26)17(5)19(13)9-7-8-10-20-14(2)12-16(4)22(18(20)6)24(27)28/h11-12H,7-10H2,1-6H3,(H,25,26)(H,27,28). The molecule has 2 aromatic rings. The fraction of sp³-hybridized carbons (Fsp3) is 0.417. The highest BCUT2D eigenvalue weighted by Gasteiger charge is 2.17. The fourth-order valence-corrected chi connectivity index (χ4v) is 4.48. The van der Waals surface area contributed by atoms with Crippen LogP contribution < -0.4 is 0 Å². The molecule has 4 heteroatoms. The van der Waals surface area contributed by atoms with Gasteiger partial charge in [0.2, 0.25) is 0 Å². The van der Waals surface area contributed by atoms with Crippen molar-refractivity contribution in [3.05, 3.63) is 67.8 Å². The quantitative estimate of drug-likeness (QED) is 0.620. The van der Waals surface area contributed by atoms with Crippen LogP contribution in [0.3, 0.4) is 0 Å². The molecule has 0 spiro atoms. The average Bonchev–Trinajstić information content (AvgIpc) is 2.54. The van der Waals surface area contributed by atoms with E-state index >= 15 is 0 Å². The van der Waals surface area contributed by atoms with E-state index in [1.54, 1.807) is 0 Å². The van der Waals surface area contributed by atoms with Crippen molar-refractivity contribution in [2.24, 2.45) is 0 Å². The van der Waals surface area contributed by atoms with Gasteiger partial charge in [-0.3, -0.25) is 0 Å². The molecule has 0 radical (unpaired) electrons. The Labute approximate surface area is 167 Å². The molecule has 0 aliphatic carbocycles. The molecule has 2 aromatic carbocycles. The van der Waals surface area contributed by atoms with E-state index < -0.39 is 11.9 Å². The van der Waals surface area contributed by atoms with Crippen LogP contribution in [0.1, 0.15) is 78.1 Å². The molecule has 4 nitrogen and oxygen atoms in total. The highest BCUT2D eigenvalue weighted by molar-refractivity contribution is 5.92. The van der Waals surface area contributed by atoms with Crippen molar-refractivity contribution in [3.63, 3.8) is 0 Å². The third kappa shape index (κ3) is 4.27. The summed E-state index contributed by atoms with van der Waals surface area (Å²) < 4.78 is 0. The number of hydrogen-bond acceptors (Lipinski definition) is 2. The molecule has 0 aromatic heterocycles. The largest absolute Gasteiger partial charge is 0.478 e. The number of aryl methyl sites for hydroxylation is 4. The lowest BCUT2D eigenvalue weighted by Crippen LogP contribution is -2.09. The van der Waals surface area contributed by atoms with Crippen molar-refractivity contribution in [1.29, 1.82) is 0 Å². The van der Waals surface area contributed by atoms with Crippen LogP contribution in [0.4, 0.5) is 0 Å². The number of rotatable bonds is 7. The first-order valence-corrected chi connectivity index (χ1v) is 9.72. The molecule has 150 valence electrons. The lowest BCUT2D eigenvalue weighted by atomic mass is 9.88. The van der Waals surface area contributed by atoms with E-state index in [1.807, 2.05) is 53.7 Å². The van der Waals surface area contributed by atoms with Crippen LogP contribution in [-0.2, 0) is 12.8 Å². The van der Waals surface area contributed by atoms with E-state index in [2.05, 4.69) is 0 Å². The number of unbranched alkanes of at least 4 members (excludes halogenated alkanes) is 1. The van der Waals surface area contributed by atoms with E-state index in [-0.39, 0.29) is 0 Å². The van der Waals surface area contributed by atoms with Crippen molar-refractivity contribution in [1.82, 2.24) is 0 Å². The van der Waals surface area contributed by atoms with Gasteiger partial charge in [0, 0.05) is 0 Å². The van der Waals surface area contributed by atoms with Crippen LogP contribution in [0.5, 0.6) is 0 Å². The Bertz CT molecular complexity index is 861. The van der Waals surface area contributed by atoms with Crippen LogP contribution >= 0.6 is 0 Å². The van der Waals surface area contributed by atoms with Crippen molar-refractivity contribution < 1.29 is 19.8 Å². The van der Waals surface area contributed by atoms with Crippen LogP contribution in [-0.4, -0.2) is 22.2 Å². The van der Waals surface area contributed by atoms with E-state index in [0.29, 0.717) is 11.1 Å². The predicted octanol–water partition coefficient (Wildman–Crippen LogP) is 5.50. The Balaban J connectivity index is 2.17. The van der Waals surface area contributed by atoms with Crippen LogP contribution in [0.25, 0.3) is 0 Å². The number of hydrogen-bond donors (Lipinski definition) is 2. The van der Waals surface area contributed by atoms with Gasteiger partial charge in [0.1, 0.15) is 0 Å². The number of carbonyl (C=O) groups is 2. The zero-order valence-corrected chi connectivity index (χ0v) is 17.7. The third-order valence-corrected chi connectivity index (χ3v) is 5.79. The first-order valence-electron chi connectivity index (χ1n) is 9.72. The first kappa shape index (κ1) is 21.7. The number of carboxylic acids is 2. The normalized spacial score (nSPS) is 10.9. The second kappa shape index (κ2) is 8.59. The zero-order chi connectivity index (χ0) is 21.2. The van der Waals surface area contributed by atoms with Gasteiger partial charge in [0.25, 0.3) is 0 Å². The zero-order valence-electron chi connectivity index (χ0n) is 17.7. The van der Waals surface area contributed by atoms with Crippen molar-refractivity contribution >= 4 is 11.9 Å². The minimum absolute atomic E-state index is 0.414.